The molecule has 0 amide bonds. The smallest absolute Gasteiger partial charge is 0.227 e. The number of rotatable bonds is 3. The zero-order valence-electron chi connectivity index (χ0n) is 11.5. The number of aromatic nitrogens is 2. The lowest BCUT2D eigenvalue weighted by molar-refractivity contribution is 0.453. The van der Waals surface area contributed by atoms with Gasteiger partial charge in [0.25, 0.3) is 0 Å². The normalized spacial score (nSPS) is 11.0. The van der Waals surface area contributed by atoms with E-state index in [2.05, 4.69) is 25.9 Å². The van der Waals surface area contributed by atoms with Gasteiger partial charge in [-0.05, 0) is 28.9 Å². The van der Waals surface area contributed by atoms with Crippen molar-refractivity contribution in [1.29, 1.82) is 0 Å². The van der Waals surface area contributed by atoms with Crippen LogP contribution in [-0.2, 0) is 0 Å². The fourth-order valence-corrected chi connectivity index (χ4v) is 2.53. The van der Waals surface area contributed by atoms with Crippen LogP contribution in [0.3, 0.4) is 0 Å². The fraction of sp³-hybridized carbons (Fsp3) is 0.286. The van der Waals surface area contributed by atoms with E-state index in [1.807, 2.05) is 13.8 Å². The lowest BCUT2D eigenvalue weighted by Crippen LogP contribution is -2.02. The first-order valence-electron chi connectivity index (χ1n) is 6.16. The molecular formula is C14H12BrCl3N2O. The second-order valence-corrected chi connectivity index (χ2v) is 6.78. The number of hydrogen-bond acceptors (Lipinski definition) is 3. The molecule has 0 aliphatic heterocycles. The van der Waals surface area contributed by atoms with E-state index in [0.29, 0.717) is 42.7 Å². The van der Waals surface area contributed by atoms with Gasteiger partial charge in [-0.15, -0.1) is 0 Å². The van der Waals surface area contributed by atoms with E-state index >= 15 is 0 Å². The van der Waals surface area contributed by atoms with Crippen LogP contribution in [0, 0.1) is 6.92 Å². The average Bonchev–Trinajstić information content (AvgIpc) is 2.40. The number of nitrogens with zero attached hydrogens (tertiary/aromatic N) is 2. The lowest BCUT2D eigenvalue weighted by Gasteiger charge is -2.13. The minimum atomic E-state index is 0.134. The molecule has 1 heterocycles. The topological polar surface area (TPSA) is 35.0 Å². The molecule has 0 saturated heterocycles. The van der Waals surface area contributed by atoms with Crippen molar-refractivity contribution >= 4 is 50.7 Å². The van der Waals surface area contributed by atoms with E-state index in [-0.39, 0.29) is 5.92 Å². The van der Waals surface area contributed by atoms with Crippen molar-refractivity contribution in [3.63, 3.8) is 0 Å². The van der Waals surface area contributed by atoms with Crippen LogP contribution in [0.5, 0.6) is 11.6 Å². The highest BCUT2D eigenvalue weighted by Crippen LogP contribution is 2.37. The third-order valence-corrected chi connectivity index (χ3v) is 4.62. The van der Waals surface area contributed by atoms with E-state index < -0.39 is 0 Å². The first-order chi connectivity index (χ1) is 9.79. The van der Waals surface area contributed by atoms with Gasteiger partial charge < -0.3 is 4.74 Å². The summed E-state index contributed by atoms with van der Waals surface area (Å²) in [5.41, 5.74) is 0.649. The molecule has 0 atom stereocenters. The molecule has 7 heteroatoms. The van der Waals surface area contributed by atoms with Gasteiger partial charge in [0.15, 0.2) is 0 Å². The molecule has 0 aliphatic rings. The van der Waals surface area contributed by atoms with Gasteiger partial charge >= 0.3 is 0 Å². The summed E-state index contributed by atoms with van der Waals surface area (Å²) in [5.74, 6) is 1.53. The third-order valence-electron chi connectivity index (χ3n) is 2.76. The standard InChI is InChI=1S/C14H12BrCl3N2O/c1-6(2)13-19-12(18)7(3)14(20-13)21-11-5-9(16)8(15)4-10(11)17/h4-6H,1-3H3. The Morgan fingerprint density at radius 3 is 2.38 bits per heavy atom. The van der Waals surface area contributed by atoms with Crippen molar-refractivity contribution < 1.29 is 4.74 Å². The highest BCUT2D eigenvalue weighted by molar-refractivity contribution is 9.10. The van der Waals surface area contributed by atoms with E-state index in [4.69, 9.17) is 39.5 Å². The molecule has 0 saturated carbocycles. The van der Waals surface area contributed by atoms with Gasteiger partial charge in [0, 0.05) is 22.0 Å². The van der Waals surface area contributed by atoms with Crippen LogP contribution in [0.4, 0.5) is 0 Å². The molecular weight excluding hydrogens is 398 g/mol. The predicted octanol–water partition coefficient (Wildman–Crippen LogP) is 6.42. The minimum absolute atomic E-state index is 0.134. The monoisotopic (exact) mass is 408 g/mol. The lowest BCUT2D eigenvalue weighted by atomic mass is 10.2. The maximum Gasteiger partial charge on any atom is 0.227 e. The van der Waals surface area contributed by atoms with Gasteiger partial charge in [-0.2, -0.15) is 4.98 Å². The summed E-state index contributed by atoms with van der Waals surface area (Å²) in [4.78, 5) is 8.63. The number of halogens is 4. The van der Waals surface area contributed by atoms with Crippen molar-refractivity contribution in [2.75, 3.05) is 0 Å². The molecule has 0 fully saturated rings. The summed E-state index contributed by atoms with van der Waals surface area (Å²) in [5, 5.41) is 1.28. The second-order valence-electron chi connectivity index (χ2n) is 4.76. The molecule has 0 spiro atoms. The molecule has 0 aliphatic carbocycles. The van der Waals surface area contributed by atoms with Gasteiger partial charge in [0.05, 0.1) is 10.0 Å². The maximum absolute atomic E-state index is 6.16. The Balaban J connectivity index is 2.46. The molecule has 112 valence electrons. The van der Waals surface area contributed by atoms with Gasteiger partial charge in [-0.1, -0.05) is 48.7 Å². The van der Waals surface area contributed by atoms with Crippen LogP contribution in [-0.4, -0.2) is 9.97 Å². The molecule has 21 heavy (non-hydrogen) atoms. The summed E-state index contributed by atoms with van der Waals surface area (Å²) in [6, 6.07) is 3.29. The molecule has 3 nitrogen and oxygen atoms in total. The Morgan fingerprint density at radius 1 is 1.10 bits per heavy atom. The van der Waals surface area contributed by atoms with Crippen molar-refractivity contribution in [2.45, 2.75) is 26.7 Å². The van der Waals surface area contributed by atoms with E-state index in [1.54, 1.807) is 19.1 Å². The van der Waals surface area contributed by atoms with Crippen LogP contribution in [0.15, 0.2) is 16.6 Å². The Bertz CT molecular complexity index is 692. The van der Waals surface area contributed by atoms with Crippen LogP contribution in [0.1, 0.15) is 31.2 Å². The summed E-state index contributed by atoms with van der Waals surface area (Å²) in [7, 11) is 0. The summed E-state index contributed by atoms with van der Waals surface area (Å²) < 4.78 is 6.47. The van der Waals surface area contributed by atoms with Gasteiger partial charge in [-0.25, -0.2) is 4.98 Å². The zero-order chi connectivity index (χ0) is 15.7. The highest BCUT2D eigenvalue weighted by atomic mass is 79.9. The Kier molecular flexibility index (Phi) is 5.36. The zero-order valence-corrected chi connectivity index (χ0v) is 15.4. The first kappa shape index (κ1) is 16.8. The van der Waals surface area contributed by atoms with Crippen molar-refractivity contribution in [3.8, 4) is 11.6 Å². The van der Waals surface area contributed by atoms with Crippen LogP contribution in [0.25, 0.3) is 0 Å². The van der Waals surface area contributed by atoms with Crippen LogP contribution in [0.2, 0.25) is 15.2 Å². The second kappa shape index (κ2) is 6.69. The first-order valence-corrected chi connectivity index (χ1v) is 8.08. The Hall–Kier alpha value is -0.550. The number of ether oxygens (including phenoxy) is 1. The Labute approximate surface area is 146 Å². The van der Waals surface area contributed by atoms with Crippen molar-refractivity contribution in [1.82, 2.24) is 9.97 Å². The van der Waals surface area contributed by atoms with Crippen molar-refractivity contribution in [3.05, 3.63) is 43.2 Å². The third kappa shape index (κ3) is 3.81. The Morgan fingerprint density at radius 2 is 1.76 bits per heavy atom. The molecule has 0 unspecified atom stereocenters. The highest BCUT2D eigenvalue weighted by Gasteiger charge is 2.15. The van der Waals surface area contributed by atoms with Gasteiger partial charge in [-0.3, -0.25) is 0 Å². The molecule has 1 aromatic heterocycles. The average molecular weight is 411 g/mol. The van der Waals surface area contributed by atoms with Crippen LogP contribution < -0.4 is 4.74 Å². The largest absolute Gasteiger partial charge is 0.437 e. The minimum Gasteiger partial charge on any atom is -0.437 e. The molecule has 0 radical (unpaired) electrons. The SMILES string of the molecule is Cc1c(Cl)nc(C(C)C)nc1Oc1cc(Cl)c(Br)cc1Cl. The summed E-state index contributed by atoms with van der Waals surface area (Å²) >= 11 is 21.6. The maximum atomic E-state index is 6.16. The number of hydrogen-bond donors (Lipinski definition) is 0. The predicted molar refractivity (Wildman–Crippen MR) is 90.1 cm³/mol. The summed E-state index contributed by atoms with van der Waals surface area (Å²) in [6.45, 7) is 5.75. The molecule has 2 aromatic rings. The van der Waals surface area contributed by atoms with Gasteiger partial charge in [0.2, 0.25) is 5.88 Å². The molecule has 1 aromatic carbocycles. The summed E-state index contributed by atoms with van der Waals surface area (Å²) in [6.07, 6.45) is 0. The van der Waals surface area contributed by atoms with Crippen molar-refractivity contribution in [2.24, 2.45) is 0 Å². The van der Waals surface area contributed by atoms with E-state index in [1.165, 1.54) is 0 Å². The van der Waals surface area contributed by atoms with Gasteiger partial charge in [0.1, 0.15) is 16.7 Å². The van der Waals surface area contributed by atoms with E-state index in [0.717, 1.165) is 0 Å². The molecule has 0 bridgehead atoms. The fourth-order valence-electron chi connectivity index (χ4n) is 1.53. The number of benzene rings is 1. The quantitative estimate of drug-likeness (QED) is 0.432. The van der Waals surface area contributed by atoms with E-state index in [9.17, 15) is 0 Å². The molecule has 0 N–H and O–H groups in total. The van der Waals surface area contributed by atoms with Crippen LogP contribution >= 0.6 is 50.7 Å². The molecule has 2 rings (SSSR count).